The van der Waals surface area contributed by atoms with Crippen molar-refractivity contribution in [2.24, 2.45) is 0 Å². The lowest BCUT2D eigenvalue weighted by Crippen LogP contribution is -1.97. The molecule has 56 valence electrons. The van der Waals surface area contributed by atoms with E-state index in [1.165, 1.54) is 17.0 Å². The first kappa shape index (κ1) is 6.36. The molecule has 0 radical (unpaired) electrons. The van der Waals surface area contributed by atoms with Crippen molar-refractivity contribution in [3.63, 3.8) is 0 Å². The quantitative estimate of drug-likeness (QED) is 0.579. The van der Waals surface area contributed by atoms with Crippen molar-refractivity contribution in [2.45, 2.75) is 0 Å². The Morgan fingerprint density at radius 2 is 2.27 bits per heavy atom. The number of hydrogen-bond acceptors (Lipinski definition) is 4. The largest absolute Gasteiger partial charge is 0.394 e. The number of nitrogen functional groups attached to an aromatic ring is 1. The number of fused-ring (bicyclic) bond motifs is 1. The molecule has 6 heteroatoms. The Morgan fingerprint density at radius 1 is 1.45 bits per heavy atom. The van der Waals surface area contributed by atoms with Crippen LogP contribution in [-0.4, -0.2) is 19.6 Å². The van der Waals surface area contributed by atoms with Crippen LogP contribution in [0.25, 0.3) is 5.65 Å². The summed E-state index contributed by atoms with van der Waals surface area (Å²) in [6.45, 7) is 0. The maximum atomic E-state index is 5.66. The Morgan fingerprint density at radius 3 is 3.00 bits per heavy atom. The van der Waals surface area contributed by atoms with Crippen LogP contribution in [0.3, 0.4) is 0 Å². The van der Waals surface area contributed by atoms with E-state index in [-0.39, 0.29) is 5.28 Å². The minimum Gasteiger partial charge on any atom is -0.394 e. The predicted molar refractivity (Wildman–Crippen MR) is 40.2 cm³/mol. The van der Waals surface area contributed by atoms with Gasteiger partial charge in [-0.3, -0.25) is 0 Å². The molecule has 0 bridgehead atoms. The summed E-state index contributed by atoms with van der Waals surface area (Å²) in [6.07, 6.45) is 2.82. The third-order valence-electron chi connectivity index (χ3n) is 1.29. The van der Waals surface area contributed by atoms with E-state index in [1.807, 2.05) is 0 Å². The lowest BCUT2D eigenvalue weighted by molar-refractivity contribution is 0.925. The summed E-state index contributed by atoms with van der Waals surface area (Å²) in [5.41, 5.74) is 6.52. The zero-order valence-electron chi connectivity index (χ0n) is 5.40. The smallest absolute Gasteiger partial charge is 0.225 e. The maximum absolute atomic E-state index is 5.66. The van der Waals surface area contributed by atoms with Crippen LogP contribution in [0.5, 0.6) is 0 Å². The van der Waals surface area contributed by atoms with Gasteiger partial charge in [0.1, 0.15) is 6.33 Å². The number of anilines is 1. The molecule has 0 spiro atoms. The molecule has 2 aromatic heterocycles. The third-order valence-corrected chi connectivity index (χ3v) is 1.55. The highest BCUT2D eigenvalue weighted by Gasteiger charge is 2.03. The Hall–Kier alpha value is -1.36. The molecule has 0 fully saturated rings. The van der Waals surface area contributed by atoms with Crippen molar-refractivity contribution in [2.75, 3.05) is 5.73 Å². The Bertz CT molecular complexity index is 359. The van der Waals surface area contributed by atoms with Crippen LogP contribution >= 0.6 is 11.6 Å². The number of hydrogen-bond donors (Lipinski definition) is 1. The highest BCUT2D eigenvalue weighted by Crippen LogP contribution is 2.12. The minimum atomic E-state index is 0.256. The zero-order chi connectivity index (χ0) is 7.84. The van der Waals surface area contributed by atoms with Crippen molar-refractivity contribution >= 4 is 22.9 Å². The molecule has 0 atom stereocenters. The summed E-state index contributed by atoms with van der Waals surface area (Å²) in [4.78, 5) is 7.66. The monoisotopic (exact) mass is 169 g/mol. The fourth-order valence-electron chi connectivity index (χ4n) is 0.809. The molecule has 0 aliphatic rings. The number of halogens is 1. The van der Waals surface area contributed by atoms with Gasteiger partial charge in [-0.1, -0.05) is 0 Å². The van der Waals surface area contributed by atoms with Crippen LogP contribution in [0.1, 0.15) is 0 Å². The van der Waals surface area contributed by atoms with Gasteiger partial charge in [-0.2, -0.15) is 9.61 Å². The molecule has 2 heterocycles. The molecule has 2 aromatic rings. The van der Waals surface area contributed by atoms with Crippen LogP contribution in [0.4, 0.5) is 5.69 Å². The van der Waals surface area contributed by atoms with Gasteiger partial charge >= 0.3 is 0 Å². The molecular weight excluding hydrogens is 166 g/mol. The van der Waals surface area contributed by atoms with Gasteiger partial charge in [0.2, 0.25) is 5.28 Å². The highest BCUT2D eigenvalue weighted by atomic mass is 35.5. The second-order valence-corrected chi connectivity index (χ2v) is 2.32. The predicted octanol–water partition coefficient (Wildman–Crippen LogP) is 0.360. The molecule has 0 saturated heterocycles. The van der Waals surface area contributed by atoms with E-state index >= 15 is 0 Å². The van der Waals surface area contributed by atoms with E-state index in [2.05, 4.69) is 15.1 Å². The molecular formula is C5H4ClN5. The van der Waals surface area contributed by atoms with Crippen LogP contribution in [-0.2, 0) is 0 Å². The van der Waals surface area contributed by atoms with Gasteiger partial charge in [0.25, 0.3) is 0 Å². The van der Waals surface area contributed by atoms with Gasteiger partial charge in [0.05, 0.1) is 11.9 Å². The zero-order valence-corrected chi connectivity index (χ0v) is 6.15. The summed E-state index contributed by atoms with van der Waals surface area (Å²) in [5, 5.41) is 4.07. The van der Waals surface area contributed by atoms with Crippen LogP contribution in [0.15, 0.2) is 12.5 Å². The van der Waals surface area contributed by atoms with Crippen molar-refractivity contribution < 1.29 is 0 Å². The minimum absolute atomic E-state index is 0.256. The number of rotatable bonds is 0. The normalized spacial score (nSPS) is 10.6. The number of nitrogens with two attached hydrogens (primary N) is 1. The Kier molecular flexibility index (Phi) is 1.19. The molecule has 0 aliphatic heterocycles. The average Bonchev–Trinajstić information content (AvgIpc) is 2.45. The fourth-order valence-corrected chi connectivity index (χ4v) is 0.981. The van der Waals surface area contributed by atoms with E-state index in [1.54, 1.807) is 0 Å². The molecule has 2 rings (SSSR count). The lowest BCUT2D eigenvalue weighted by Gasteiger charge is -1.95. The van der Waals surface area contributed by atoms with Gasteiger partial charge in [-0.25, -0.2) is 9.97 Å². The van der Waals surface area contributed by atoms with Gasteiger partial charge < -0.3 is 5.73 Å². The van der Waals surface area contributed by atoms with Gasteiger partial charge in [0, 0.05) is 0 Å². The molecule has 0 aliphatic carbocycles. The van der Waals surface area contributed by atoms with E-state index in [0.717, 1.165) is 0 Å². The van der Waals surface area contributed by atoms with Crippen LogP contribution in [0, 0.1) is 0 Å². The number of aromatic nitrogens is 4. The van der Waals surface area contributed by atoms with Gasteiger partial charge in [0.15, 0.2) is 5.65 Å². The standard InChI is InChI=1S/C5H4ClN5/c6-5-8-1-3(7)4-9-2-10-11(4)5/h1-2H,7H2. The van der Waals surface area contributed by atoms with Crippen molar-refractivity contribution in [1.29, 1.82) is 0 Å². The first-order valence-electron chi connectivity index (χ1n) is 2.89. The first-order valence-corrected chi connectivity index (χ1v) is 3.26. The van der Waals surface area contributed by atoms with Crippen molar-refractivity contribution in [3.8, 4) is 0 Å². The van der Waals surface area contributed by atoms with E-state index in [0.29, 0.717) is 11.3 Å². The van der Waals surface area contributed by atoms with E-state index in [9.17, 15) is 0 Å². The molecule has 11 heavy (non-hydrogen) atoms. The van der Waals surface area contributed by atoms with Gasteiger partial charge in [-0.15, -0.1) is 0 Å². The second-order valence-electron chi connectivity index (χ2n) is 1.98. The summed E-state index contributed by atoms with van der Waals surface area (Å²) in [7, 11) is 0. The topological polar surface area (TPSA) is 69.1 Å². The average molecular weight is 170 g/mol. The Labute approximate surface area is 66.8 Å². The number of nitrogens with zero attached hydrogens (tertiary/aromatic N) is 4. The van der Waals surface area contributed by atoms with Gasteiger partial charge in [-0.05, 0) is 11.6 Å². The lowest BCUT2D eigenvalue weighted by atomic mass is 10.5. The Balaban J connectivity index is 2.96. The summed E-state index contributed by atoms with van der Waals surface area (Å²) in [5.74, 6) is 0. The maximum Gasteiger partial charge on any atom is 0.225 e. The van der Waals surface area contributed by atoms with Crippen molar-refractivity contribution in [1.82, 2.24) is 19.6 Å². The summed E-state index contributed by atoms with van der Waals surface area (Å²) >= 11 is 5.66. The second kappa shape index (κ2) is 2.06. The highest BCUT2D eigenvalue weighted by molar-refractivity contribution is 6.28. The van der Waals surface area contributed by atoms with E-state index < -0.39 is 0 Å². The molecule has 0 aromatic carbocycles. The van der Waals surface area contributed by atoms with E-state index in [4.69, 9.17) is 17.3 Å². The fraction of sp³-hybridized carbons (Fsp3) is 0. The van der Waals surface area contributed by atoms with Crippen LogP contribution in [0.2, 0.25) is 5.28 Å². The molecule has 5 nitrogen and oxygen atoms in total. The third kappa shape index (κ3) is 0.813. The van der Waals surface area contributed by atoms with Crippen molar-refractivity contribution in [3.05, 3.63) is 17.8 Å². The molecule has 2 N–H and O–H groups in total. The van der Waals surface area contributed by atoms with Crippen LogP contribution < -0.4 is 5.73 Å². The first-order chi connectivity index (χ1) is 5.29. The molecule has 0 unspecified atom stereocenters. The molecule has 0 amide bonds. The SMILES string of the molecule is Nc1cnc(Cl)n2ncnc12. The summed E-state index contributed by atoms with van der Waals surface area (Å²) < 4.78 is 1.37. The summed E-state index contributed by atoms with van der Waals surface area (Å²) in [6, 6.07) is 0. The molecule has 0 saturated carbocycles.